The van der Waals surface area contributed by atoms with Crippen LogP contribution in [-0.2, 0) is 21.2 Å². The molecule has 1 saturated carbocycles. The van der Waals surface area contributed by atoms with E-state index in [9.17, 15) is 13.2 Å². The molecule has 7 heteroatoms. The quantitative estimate of drug-likeness (QED) is 0.871. The molecule has 2 N–H and O–H groups in total. The second-order valence-corrected chi connectivity index (χ2v) is 7.86. The lowest BCUT2D eigenvalue weighted by atomic mass is 9.96. The predicted octanol–water partition coefficient (Wildman–Crippen LogP) is 1.99. The number of aliphatic carboxylic acids is 1. The molecule has 0 bridgehead atoms. The highest BCUT2D eigenvalue weighted by Gasteiger charge is 2.23. The molecule has 1 aromatic heterocycles. The third kappa shape index (κ3) is 4.02. The molecule has 0 aliphatic heterocycles. The van der Waals surface area contributed by atoms with Gasteiger partial charge in [-0.3, -0.25) is 4.79 Å². The van der Waals surface area contributed by atoms with E-state index >= 15 is 0 Å². The number of sulfonamides is 1. The summed E-state index contributed by atoms with van der Waals surface area (Å²) in [5, 5.41) is 8.68. The zero-order valence-electron chi connectivity index (χ0n) is 10.5. The Morgan fingerprint density at radius 1 is 1.32 bits per heavy atom. The minimum atomic E-state index is -3.50. The van der Waals surface area contributed by atoms with Crippen molar-refractivity contribution in [2.45, 2.75) is 48.8 Å². The molecule has 5 nitrogen and oxygen atoms in total. The second kappa shape index (κ2) is 6.02. The molecular formula is C12H17NO4S2. The first-order valence-corrected chi connectivity index (χ1v) is 8.60. The summed E-state index contributed by atoms with van der Waals surface area (Å²) in [7, 11) is -3.50. The molecule has 0 atom stereocenters. The van der Waals surface area contributed by atoms with Crippen LogP contribution in [0, 0.1) is 0 Å². The van der Waals surface area contributed by atoms with Gasteiger partial charge in [-0.05, 0) is 25.0 Å². The molecule has 0 spiro atoms. The molecule has 1 aliphatic carbocycles. The minimum Gasteiger partial charge on any atom is -0.481 e. The number of rotatable bonds is 5. The SMILES string of the molecule is O=C(O)Cc1ccc(S(=O)(=O)NC2CCCCC2)s1. The molecule has 1 aliphatic rings. The number of carboxylic acids is 1. The van der Waals surface area contributed by atoms with E-state index in [0.29, 0.717) is 4.88 Å². The van der Waals surface area contributed by atoms with Crippen LogP contribution in [0.2, 0.25) is 0 Å². The van der Waals surface area contributed by atoms with Gasteiger partial charge in [0.15, 0.2) is 0 Å². The lowest BCUT2D eigenvalue weighted by molar-refractivity contribution is -0.136. The van der Waals surface area contributed by atoms with E-state index in [4.69, 9.17) is 5.11 Å². The smallest absolute Gasteiger partial charge is 0.308 e. The van der Waals surface area contributed by atoms with Crippen LogP contribution >= 0.6 is 11.3 Å². The van der Waals surface area contributed by atoms with Gasteiger partial charge >= 0.3 is 5.97 Å². The van der Waals surface area contributed by atoms with Gasteiger partial charge in [0.1, 0.15) is 4.21 Å². The third-order valence-corrected chi connectivity index (χ3v) is 6.25. The van der Waals surface area contributed by atoms with Gasteiger partial charge in [0.05, 0.1) is 6.42 Å². The van der Waals surface area contributed by atoms with Crippen molar-refractivity contribution in [1.82, 2.24) is 4.72 Å². The number of nitrogens with one attached hydrogen (secondary N) is 1. The summed E-state index contributed by atoms with van der Waals surface area (Å²) in [4.78, 5) is 11.1. The second-order valence-electron chi connectivity index (χ2n) is 4.75. The van der Waals surface area contributed by atoms with E-state index in [1.807, 2.05) is 0 Å². The number of carboxylic acid groups (broad SMARTS) is 1. The van der Waals surface area contributed by atoms with Gasteiger partial charge in [0.25, 0.3) is 0 Å². The average Bonchev–Trinajstić information content (AvgIpc) is 2.78. The summed E-state index contributed by atoms with van der Waals surface area (Å²) in [6, 6.07) is 3.06. The lowest BCUT2D eigenvalue weighted by Crippen LogP contribution is -2.35. The Morgan fingerprint density at radius 3 is 2.63 bits per heavy atom. The maximum Gasteiger partial charge on any atom is 0.308 e. The van der Waals surface area contributed by atoms with Crippen LogP contribution in [0.3, 0.4) is 0 Å². The minimum absolute atomic E-state index is 0.0174. The Kier molecular flexibility index (Phi) is 4.59. The van der Waals surface area contributed by atoms with Gasteiger partial charge in [-0.15, -0.1) is 11.3 Å². The highest BCUT2D eigenvalue weighted by Crippen LogP contribution is 2.24. The summed E-state index contributed by atoms with van der Waals surface area (Å²) in [5.74, 6) is -0.953. The lowest BCUT2D eigenvalue weighted by Gasteiger charge is -2.22. The van der Waals surface area contributed by atoms with Crippen molar-refractivity contribution >= 4 is 27.3 Å². The van der Waals surface area contributed by atoms with Crippen molar-refractivity contribution in [2.24, 2.45) is 0 Å². The predicted molar refractivity (Wildman–Crippen MR) is 72.9 cm³/mol. The first-order chi connectivity index (χ1) is 8.97. The zero-order valence-corrected chi connectivity index (χ0v) is 12.1. The molecule has 0 aromatic carbocycles. The van der Waals surface area contributed by atoms with E-state index in [0.717, 1.165) is 37.0 Å². The van der Waals surface area contributed by atoms with Gasteiger partial charge in [0, 0.05) is 10.9 Å². The van der Waals surface area contributed by atoms with E-state index < -0.39 is 16.0 Å². The van der Waals surface area contributed by atoms with Crippen molar-refractivity contribution in [1.29, 1.82) is 0 Å². The van der Waals surface area contributed by atoms with E-state index in [-0.39, 0.29) is 16.7 Å². The number of thiophene rings is 1. The Labute approximate surface area is 116 Å². The summed E-state index contributed by atoms with van der Waals surface area (Å²) < 4.78 is 27.2. The van der Waals surface area contributed by atoms with Crippen LogP contribution in [0.1, 0.15) is 37.0 Å². The molecule has 0 amide bonds. The highest BCUT2D eigenvalue weighted by atomic mass is 32.2. The van der Waals surface area contributed by atoms with Crippen molar-refractivity contribution in [3.63, 3.8) is 0 Å². The average molecular weight is 303 g/mol. The fourth-order valence-corrected chi connectivity index (χ4v) is 4.91. The fourth-order valence-electron chi connectivity index (χ4n) is 2.24. The first kappa shape index (κ1) is 14.5. The van der Waals surface area contributed by atoms with Crippen LogP contribution in [-0.4, -0.2) is 25.5 Å². The molecule has 0 saturated heterocycles. The Bertz CT molecular complexity index is 544. The van der Waals surface area contributed by atoms with Crippen LogP contribution in [0.4, 0.5) is 0 Å². The van der Waals surface area contributed by atoms with Gasteiger partial charge in [0.2, 0.25) is 10.0 Å². The van der Waals surface area contributed by atoms with Gasteiger partial charge in [-0.25, -0.2) is 13.1 Å². The van der Waals surface area contributed by atoms with E-state index in [2.05, 4.69) is 4.72 Å². The monoisotopic (exact) mass is 303 g/mol. The van der Waals surface area contributed by atoms with Crippen molar-refractivity contribution in [3.05, 3.63) is 17.0 Å². The Morgan fingerprint density at radius 2 is 2.00 bits per heavy atom. The maximum absolute atomic E-state index is 12.2. The standard InChI is InChI=1S/C12H17NO4S2/c14-11(15)8-10-6-7-12(18-10)19(16,17)13-9-4-2-1-3-5-9/h6-7,9,13H,1-5,8H2,(H,14,15). The normalized spacial score (nSPS) is 17.5. The van der Waals surface area contributed by atoms with Crippen LogP contribution in [0.5, 0.6) is 0 Å². The zero-order chi connectivity index (χ0) is 13.9. The number of hydrogen-bond donors (Lipinski definition) is 2. The molecule has 0 unspecified atom stereocenters. The largest absolute Gasteiger partial charge is 0.481 e. The fraction of sp³-hybridized carbons (Fsp3) is 0.583. The Balaban J connectivity index is 2.06. The first-order valence-electron chi connectivity index (χ1n) is 6.30. The molecule has 0 radical (unpaired) electrons. The van der Waals surface area contributed by atoms with Crippen LogP contribution in [0.15, 0.2) is 16.3 Å². The maximum atomic E-state index is 12.2. The van der Waals surface area contributed by atoms with Crippen molar-refractivity contribution in [3.8, 4) is 0 Å². The molecule has 19 heavy (non-hydrogen) atoms. The molecule has 1 heterocycles. The summed E-state index contributed by atoms with van der Waals surface area (Å²) in [6.07, 6.45) is 4.91. The number of hydrogen-bond acceptors (Lipinski definition) is 4. The van der Waals surface area contributed by atoms with Gasteiger partial charge < -0.3 is 5.11 Å². The van der Waals surface area contributed by atoms with E-state index in [1.54, 1.807) is 6.07 Å². The topological polar surface area (TPSA) is 83.5 Å². The van der Waals surface area contributed by atoms with Crippen molar-refractivity contribution < 1.29 is 18.3 Å². The third-order valence-electron chi connectivity index (χ3n) is 3.15. The highest BCUT2D eigenvalue weighted by molar-refractivity contribution is 7.91. The molecule has 1 fully saturated rings. The number of carbonyl (C=O) groups is 1. The molecular weight excluding hydrogens is 286 g/mol. The van der Waals surface area contributed by atoms with Crippen molar-refractivity contribution in [2.75, 3.05) is 0 Å². The molecule has 1 aromatic rings. The van der Waals surface area contributed by atoms with Gasteiger partial charge in [-0.2, -0.15) is 0 Å². The van der Waals surface area contributed by atoms with Crippen LogP contribution in [0.25, 0.3) is 0 Å². The summed E-state index contributed by atoms with van der Waals surface area (Å²) >= 11 is 1.03. The Hall–Kier alpha value is -0.920. The summed E-state index contributed by atoms with van der Waals surface area (Å²) in [5.41, 5.74) is 0. The van der Waals surface area contributed by atoms with Gasteiger partial charge in [-0.1, -0.05) is 19.3 Å². The van der Waals surface area contributed by atoms with Crippen LogP contribution < -0.4 is 4.72 Å². The van der Waals surface area contributed by atoms with E-state index in [1.165, 1.54) is 12.5 Å². The molecule has 2 rings (SSSR count). The molecule has 106 valence electrons. The summed E-state index contributed by atoms with van der Waals surface area (Å²) in [6.45, 7) is 0.